The maximum Gasteiger partial charge on any atom is 0.234 e. The van der Waals surface area contributed by atoms with Gasteiger partial charge in [0.15, 0.2) is 0 Å². The van der Waals surface area contributed by atoms with E-state index in [4.69, 9.17) is 11.6 Å². The summed E-state index contributed by atoms with van der Waals surface area (Å²) >= 11 is 5.37. The van der Waals surface area contributed by atoms with Crippen LogP contribution in [0.4, 0.5) is 0 Å². The molecule has 0 saturated carbocycles. The molecule has 0 bridgehead atoms. The highest BCUT2D eigenvalue weighted by molar-refractivity contribution is 6.27. The lowest BCUT2D eigenvalue weighted by molar-refractivity contribution is -0.118. The van der Waals surface area contributed by atoms with Gasteiger partial charge in [-0.15, -0.1) is 11.6 Å². The van der Waals surface area contributed by atoms with Crippen LogP contribution in [0.1, 0.15) is 39.5 Å². The molecule has 0 aromatic heterocycles. The van der Waals surface area contributed by atoms with Crippen molar-refractivity contribution < 1.29 is 4.79 Å². The molecular formula is C10H20ClNO. The Morgan fingerprint density at radius 1 is 1.46 bits per heavy atom. The lowest BCUT2D eigenvalue weighted by Crippen LogP contribution is -2.29. The molecule has 3 heteroatoms. The fraction of sp³-hybridized carbons (Fsp3) is 0.900. The third-order valence-electron chi connectivity index (χ3n) is 2.25. The average molecular weight is 206 g/mol. The standard InChI is InChI=1S/C10H20ClNO/c1-3-5-6-9(4-2)8-12-10(13)7-11/h9H,3-8H2,1-2H3,(H,12,13). The molecule has 1 amide bonds. The van der Waals surface area contributed by atoms with Crippen LogP contribution in [0.15, 0.2) is 0 Å². The van der Waals surface area contributed by atoms with Crippen LogP contribution in [0, 0.1) is 5.92 Å². The fourth-order valence-electron chi connectivity index (χ4n) is 1.25. The third-order valence-corrected chi connectivity index (χ3v) is 2.50. The number of halogens is 1. The van der Waals surface area contributed by atoms with Gasteiger partial charge in [-0.25, -0.2) is 0 Å². The van der Waals surface area contributed by atoms with Gasteiger partial charge >= 0.3 is 0 Å². The summed E-state index contributed by atoms with van der Waals surface area (Å²) in [4.78, 5) is 10.9. The van der Waals surface area contributed by atoms with E-state index in [9.17, 15) is 4.79 Å². The molecule has 0 spiro atoms. The second kappa shape index (κ2) is 8.36. The van der Waals surface area contributed by atoms with Crippen LogP contribution in [-0.4, -0.2) is 18.3 Å². The molecule has 1 unspecified atom stereocenters. The molecule has 0 aliphatic heterocycles. The normalized spacial score (nSPS) is 12.5. The Balaban J connectivity index is 3.52. The molecule has 0 aliphatic rings. The Morgan fingerprint density at radius 3 is 2.62 bits per heavy atom. The maximum atomic E-state index is 10.9. The van der Waals surface area contributed by atoms with Gasteiger partial charge in [-0.1, -0.05) is 33.1 Å². The number of hydrogen-bond acceptors (Lipinski definition) is 1. The number of unbranched alkanes of at least 4 members (excludes halogenated alkanes) is 1. The molecule has 2 nitrogen and oxygen atoms in total. The monoisotopic (exact) mass is 205 g/mol. The predicted octanol–water partition coefficient (Wildman–Crippen LogP) is 2.56. The first-order valence-electron chi connectivity index (χ1n) is 5.07. The molecule has 78 valence electrons. The van der Waals surface area contributed by atoms with Crippen molar-refractivity contribution in [1.82, 2.24) is 5.32 Å². The minimum atomic E-state index is -0.0587. The molecule has 1 atom stereocenters. The number of hydrogen-bond donors (Lipinski definition) is 1. The van der Waals surface area contributed by atoms with Crippen molar-refractivity contribution in [1.29, 1.82) is 0 Å². The van der Waals surface area contributed by atoms with E-state index in [-0.39, 0.29) is 11.8 Å². The minimum absolute atomic E-state index is 0.0587. The van der Waals surface area contributed by atoms with Gasteiger partial charge in [0.2, 0.25) is 5.91 Å². The van der Waals surface area contributed by atoms with Crippen LogP contribution in [0.25, 0.3) is 0 Å². The van der Waals surface area contributed by atoms with Crippen LogP contribution in [0.5, 0.6) is 0 Å². The van der Waals surface area contributed by atoms with Gasteiger partial charge in [-0.2, -0.15) is 0 Å². The first-order valence-corrected chi connectivity index (χ1v) is 5.60. The maximum absolute atomic E-state index is 10.9. The van der Waals surface area contributed by atoms with Gasteiger partial charge in [0.1, 0.15) is 5.88 Å². The number of amides is 1. The molecule has 0 saturated heterocycles. The van der Waals surface area contributed by atoms with Crippen molar-refractivity contribution in [3.05, 3.63) is 0 Å². The van der Waals surface area contributed by atoms with Crippen molar-refractivity contribution in [3.8, 4) is 0 Å². The molecule has 0 rings (SSSR count). The van der Waals surface area contributed by atoms with Gasteiger partial charge in [-0.3, -0.25) is 4.79 Å². The summed E-state index contributed by atoms with van der Waals surface area (Å²) in [6.07, 6.45) is 4.80. The van der Waals surface area contributed by atoms with Crippen molar-refractivity contribution in [3.63, 3.8) is 0 Å². The zero-order chi connectivity index (χ0) is 10.1. The predicted molar refractivity (Wildman–Crippen MR) is 57.0 cm³/mol. The zero-order valence-corrected chi connectivity index (χ0v) is 9.36. The fourth-order valence-corrected chi connectivity index (χ4v) is 1.34. The Bertz CT molecular complexity index is 139. The quantitative estimate of drug-likeness (QED) is 0.636. The van der Waals surface area contributed by atoms with Gasteiger partial charge in [0, 0.05) is 6.54 Å². The smallest absolute Gasteiger partial charge is 0.234 e. The van der Waals surface area contributed by atoms with E-state index in [2.05, 4.69) is 19.2 Å². The number of carbonyl (C=O) groups is 1. The van der Waals surface area contributed by atoms with Gasteiger partial charge in [-0.05, 0) is 12.3 Å². The van der Waals surface area contributed by atoms with Crippen LogP contribution >= 0.6 is 11.6 Å². The van der Waals surface area contributed by atoms with Crippen molar-refractivity contribution >= 4 is 17.5 Å². The van der Waals surface area contributed by atoms with E-state index >= 15 is 0 Å². The molecule has 1 N–H and O–H groups in total. The van der Waals surface area contributed by atoms with Gasteiger partial charge < -0.3 is 5.32 Å². The summed E-state index contributed by atoms with van der Waals surface area (Å²) in [6, 6.07) is 0. The van der Waals surface area contributed by atoms with Crippen molar-refractivity contribution in [2.24, 2.45) is 5.92 Å². The molecule has 0 fully saturated rings. The molecule has 0 heterocycles. The molecule has 0 radical (unpaired) electrons. The lowest BCUT2D eigenvalue weighted by Gasteiger charge is -2.14. The molecule has 13 heavy (non-hydrogen) atoms. The van der Waals surface area contributed by atoms with Crippen molar-refractivity contribution in [2.75, 3.05) is 12.4 Å². The van der Waals surface area contributed by atoms with E-state index in [0.717, 1.165) is 13.0 Å². The third kappa shape index (κ3) is 6.88. The number of carbonyl (C=O) groups excluding carboxylic acids is 1. The van der Waals surface area contributed by atoms with E-state index in [1.807, 2.05) is 0 Å². The molecule has 0 aliphatic carbocycles. The SMILES string of the molecule is CCCCC(CC)CNC(=O)CCl. The highest BCUT2D eigenvalue weighted by Crippen LogP contribution is 2.10. The second-order valence-electron chi connectivity index (χ2n) is 3.35. The van der Waals surface area contributed by atoms with E-state index in [1.165, 1.54) is 19.3 Å². The van der Waals surface area contributed by atoms with Crippen LogP contribution in [0.3, 0.4) is 0 Å². The molecular weight excluding hydrogens is 186 g/mol. The second-order valence-corrected chi connectivity index (χ2v) is 3.62. The van der Waals surface area contributed by atoms with Crippen LogP contribution in [-0.2, 0) is 4.79 Å². The van der Waals surface area contributed by atoms with E-state index in [1.54, 1.807) is 0 Å². The van der Waals surface area contributed by atoms with Gasteiger partial charge in [0.25, 0.3) is 0 Å². The van der Waals surface area contributed by atoms with Crippen molar-refractivity contribution in [2.45, 2.75) is 39.5 Å². The topological polar surface area (TPSA) is 29.1 Å². The largest absolute Gasteiger partial charge is 0.355 e. The van der Waals surface area contributed by atoms with Crippen LogP contribution in [0.2, 0.25) is 0 Å². The Hall–Kier alpha value is -0.240. The number of rotatable bonds is 7. The Labute approximate surface area is 86.0 Å². The summed E-state index contributed by atoms with van der Waals surface area (Å²) < 4.78 is 0. The molecule has 0 aromatic rings. The highest BCUT2D eigenvalue weighted by Gasteiger charge is 2.06. The Morgan fingerprint density at radius 2 is 2.15 bits per heavy atom. The number of alkyl halides is 1. The summed E-state index contributed by atoms with van der Waals surface area (Å²) in [5.74, 6) is 0.633. The van der Waals surface area contributed by atoms with Crippen LogP contribution < -0.4 is 5.32 Å². The van der Waals surface area contributed by atoms with Gasteiger partial charge in [0.05, 0.1) is 0 Å². The van der Waals surface area contributed by atoms with E-state index < -0.39 is 0 Å². The first kappa shape index (κ1) is 12.8. The average Bonchev–Trinajstić information content (AvgIpc) is 2.17. The summed E-state index contributed by atoms with van der Waals surface area (Å²) in [6.45, 7) is 5.12. The summed E-state index contributed by atoms with van der Waals surface area (Å²) in [5, 5.41) is 2.82. The summed E-state index contributed by atoms with van der Waals surface area (Å²) in [7, 11) is 0. The Kier molecular flexibility index (Phi) is 8.21. The summed E-state index contributed by atoms with van der Waals surface area (Å²) in [5.41, 5.74) is 0. The van der Waals surface area contributed by atoms with E-state index in [0.29, 0.717) is 5.92 Å². The minimum Gasteiger partial charge on any atom is -0.355 e. The first-order chi connectivity index (χ1) is 6.24. The lowest BCUT2D eigenvalue weighted by atomic mass is 9.99. The zero-order valence-electron chi connectivity index (χ0n) is 8.61. The molecule has 0 aromatic carbocycles. The number of nitrogens with one attached hydrogen (secondary N) is 1. The highest BCUT2D eigenvalue weighted by atomic mass is 35.5.